The molecule has 0 aliphatic carbocycles. The maximum Gasteiger partial charge on any atom is 0.219 e. The number of nitrogens with one attached hydrogen (secondary N) is 1. The van der Waals surface area contributed by atoms with Crippen molar-refractivity contribution in [2.45, 2.75) is 6.42 Å². The van der Waals surface area contributed by atoms with Crippen LogP contribution >= 0.6 is 11.3 Å². The molecule has 0 unspecified atom stereocenters. The average Bonchev–Trinajstić information content (AvgIpc) is 2.84. The van der Waals surface area contributed by atoms with Crippen molar-refractivity contribution in [1.82, 2.24) is 10.2 Å². The third kappa shape index (κ3) is 2.28. The fraction of sp³-hybridized carbons (Fsp3) is 0.529. The molecule has 1 N–H and O–H groups in total. The van der Waals surface area contributed by atoms with Gasteiger partial charge in [-0.3, -0.25) is 5.32 Å². The summed E-state index contributed by atoms with van der Waals surface area (Å²) in [4.78, 5) is 4.03. The number of rotatable bonds is 4. The monoisotopic (exact) mass is 332 g/mol. The van der Waals surface area contributed by atoms with Crippen LogP contribution in [0, 0.1) is 0 Å². The van der Waals surface area contributed by atoms with Gasteiger partial charge in [0.1, 0.15) is 25.8 Å². The van der Waals surface area contributed by atoms with E-state index in [1.165, 1.54) is 63.6 Å². The Bertz CT molecular complexity index is 744. The average molecular weight is 332 g/mol. The van der Waals surface area contributed by atoms with Crippen molar-refractivity contribution in [2.75, 3.05) is 53.7 Å². The fourth-order valence-electron chi connectivity index (χ4n) is 4.75. The molecule has 5 nitrogen and oxygen atoms in total. The molecule has 1 aromatic heterocycles. The second kappa shape index (κ2) is 4.91. The first-order valence-corrected chi connectivity index (χ1v) is 9.19. The Morgan fingerprint density at radius 1 is 1.26 bits per heavy atom. The highest BCUT2D eigenvalue weighted by atomic mass is 32.1. The topological polar surface area (TPSA) is 24.5 Å². The molecule has 7 rings (SSSR count). The van der Waals surface area contributed by atoms with Crippen LogP contribution in [0.25, 0.3) is 10.1 Å². The van der Waals surface area contributed by atoms with Gasteiger partial charge in [-0.1, -0.05) is 0 Å². The largest absolute Gasteiger partial charge is 0.497 e. The van der Waals surface area contributed by atoms with Gasteiger partial charge in [-0.25, -0.2) is 8.97 Å². The van der Waals surface area contributed by atoms with Crippen molar-refractivity contribution in [2.24, 2.45) is 0 Å². The lowest BCUT2D eigenvalue weighted by Gasteiger charge is -2.65. The number of fused-ring (bicyclic) bond motifs is 1. The Kier molecular flexibility index (Phi) is 3.03. The Balaban J connectivity index is 1.30. The van der Waals surface area contributed by atoms with Crippen molar-refractivity contribution < 1.29 is 13.7 Å². The van der Waals surface area contributed by atoms with E-state index in [2.05, 4.69) is 34.5 Å². The summed E-state index contributed by atoms with van der Waals surface area (Å²) in [7, 11) is 1.74. The minimum Gasteiger partial charge on any atom is -0.497 e. The van der Waals surface area contributed by atoms with E-state index in [0.717, 1.165) is 19.1 Å². The molecule has 5 aliphatic rings. The molecule has 5 aliphatic heterocycles. The first-order valence-electron chi connectivity index (χ1n) is 8.38. The number of hydrogen-bond acceptors (Lipinski definition) is 4. The van der Waals surface area contributed by atoms with E-state index in [9.17, 15) is 0 Å². The van der Waals surface area contributed by atoms with Crippen LogP contribution < -0.4 is 10.1 Å². The predicted octanol–water partition coefficient (Wildman–Crippen LogP) is 1.76. The summed E-state index contributed by atoms with van der Waals surface area (Å²) in [5, 5.41) is 5.00. The van der Waals surface area contributed by atoms with Crippen LogP contribution in [0.5, 0.6) is 5.75 Å². The van der Waals surface area contributed by atoms with Crippen molar-refractivity contribution >= 4 is 21.4 Å². The highest BCUT2D eigenvalue weighted by molar-refractivity contribution is 7.19. The molecule has 6 heterocycles. The summed E-state index contributed by atoms with van der Waals surface area (Å²) in [6.45, 7) is 8.63. The van der Waals surface area contributed by atoms with E-state index < -0.39 is 0 Å². The zero-order chi connectivity index (χ0) is 15.5. The molecule has 5 saturated heterocycles. The van der Waals surface area contributed by atoms with Gasteiger partial charge in [0, 0.05) is 16.0 Å². The lowest BCUT2D eigenvalue weighted by atomic mass is 10.1. The van der Waals surface area contributed by atoms with E-state index >= 15 is 0 Å². The number of quaternary nitrogens is 2. The Morgan fingerprint density at radius 3 is 2.96 bits per heavy atom. The second-order valence-corrected chi connectivity index (χ2v) is 8.74. The van der Waals surface area contributed by atoms with Crippen LogP contribution in [0.4, 0.5) is 0 Å². The molecular weight excluding hydrogens is 308 g/mol. The first kappa shape index (κ1) is 14.2. The van der Waals surface area contributed by atoms with Gasteiger partial charge >= 0.3 is 0 Å². The number of methoxy groups -OCH3 is 1. The zero-order valence-corrected chi connectivity index (χ0v) is 14.4. The zero-order valence-electron chi connectivity index (χ0n) is 13.6. The van der Waals surface area contributed by atoms with E-state index in [4.69, 9.17) is 4.74 Å². The second-order valence-electron chi connectivity index (χ2n) is 7.58. The number of ether oxygens (including phenoxy) is 1. The number of benzene rings is 1. The molecule has 122 valence electrons. The third-order valence-electron chi connectivity index (χ3n) is 5.59. The minimum atomic E-state index is 0.956. The van der Waals surface area contributed by atoms with Gasteiger partial charge in [0.2, 0.25) is 13.3 Å². The van der Waals surface area contributed by atoms with E-state index in [1.54, 1.807) is 7.11 Å². The molecule has 0 saturated carbocycles. The van der Waals surface area contributed by atoms with E-state index in [0.29, 0.717) is 0 Å². The van der Waals surface area contributed by atoms with Crippen molar-refractivity contribution in [1.29, 1.82) is 0 Å². The quantitative estimate of drug-likeness (QED) is 0.864. The van der Waals surface area contributed by atoms with Crippen LogP contribution in [-0.2, 0) is 6.42 Å². The summed E-state index contributed by atoms with van der Waals surface area (Å²) < 4.78 is 9.28. The standard InChI is InChI=1S/C17H24N4OS/c1-22-15-3-2-14-6-16(23-17(14)7-15)4-5-20-9-18-8-19-10-21(11-19,12-20)13-20/h2-3,6-7,18H,4-5,8-13H2,1H3/q+2. The predicted molar refractivity (Wildman–Crippen MR) is 91.6 cm³/mol. The molecule has 6 heteroatoms. The molecule has 0 radical (unpaired) electrons. The summed E-state index contributed by atoms with van der Waals surface area (Å²) in [6.07, 6.45) is 1.19. The van der Waals surface area contributed by atoms with Gasteiger partial charge in [-0.2, -0.15) is 4.90 Å². The van der Waals surface area contributed by atoms with Gasteiger partial charge in [0.05, 0.1) is 20.3 Å². The Morgan fingerprint density at radius 2 is 2.13 bits per heavy atom. The molecule has 5 fully saturated rings. The highest BCUT2D eigenvalue weighted by Gasteiger charge is 2.62. The minimum absolute atomic E-state index is 0.956. The van der Waals surface area contributed by atoms with E-state index in [-0.39, 0.29) is 0 Å². The fourth-order valence-corrected chi connectivity index (χ4v) is 5.83. The van der Waals surface area contributed by atoms with Gasteiger partial charge in [-0.05, 0) is 29.7 Å². The molecular formula is C17H24N4OS+2. The van der Waals surface area contributed by atoms with Gasteiger partial charge in [0.25, 0.3) is 0 Å². The van der Waals surface area contributed by atoms with Crippen molar-refractivity contribution in [3.8, 4) is 5.75 Å². The molecule has 23 heavy (non-hydrogen) atoms. The van der Waals surface area contributed by atoms with E-state index in [1.807, 2.05) is 11.3 Å². The molecule has 0 amide bonds. The maximum absolute atomic E-state index is 5.34. The number of nitrogens with zero attached hydrogens (tertiary/aromatic N) is 3. The van der Waals surface area contributed by atoms with Gasteiger partial charge in [-0.15, -0.1) is 11.3 Å². The lowest BCUT2D eigenvalue weighted by Crippen LogP contribution is -2.90. The van der Waals surface area contributed by atoms with Crippen LogP contribution in [-0.4, -0.2) is 67.5 Å². The van der Waals surface area contributed by atoms with Crippen molar-refractivity contribution in [3.05, 3.63) is 29.1 Å². The third-order valence-corrected chi connectivity index (χ3v) is 6.75. The van der Waals surface area contributed by atoms with Crippen LogP contribution in [0.1, 0.15) is 4.88 Å². The summed E-state index contributed by atoms with van der Waals surface area (Å²) in [5.74, 6) is 0.956. The number of hydrogen-bond donors (Lipinski definition) is 1. The maximum atomic E-state index is 5.34. The number of thiophene rings is 1. The molecule has 1 spiro atoms. The Hall–Kier alpha value is -1.18. The normalized spacial score (nSPS) is 35.1. The summed E-state index contributed by atoms with van der Waals surface area (Å²) in [6, 6.07) is 8.76. The van der Waals surface area contributed by atoms with Crippen molar-refractivity contribution in [3.63, 3.8) is 0 Å². The van der Waals surface area contributed by atoms with Gasteiger partial charge in [0.15, 0.2) is 0 Å². The molecule has 1 aromatic carbocycles. The molecule has 3 bridgehead atoms. The highest BCUT2D eigenvalue weighted by Crippen LogP contribution is 2.37. The lowest BCUT2D eigenvalue weighted by molar-refractivity contribution is -1.30. The van der Waals surface area contributed by atoms with Crippen LogP contribution in [0.2, 0.25) is 0 Å². The Labute approximate surface area is 140 Å². The molecule has 0 atom stereocenters. The van der Waals surface area contributed by atoms with Crippen LogP contribution in [0.15, 0.2) is 24.3 Å². The van der Waals surface area contributed by atoms with Crippen LogP contribution in [0.3, 0.4) is 0 Å². The summed E-state index contributed by atoms with van der Waals surface area (Å²) in [5.41, 5.74) is 0. The summed E-state index contributed by atoms with van der Waals surface area (Å²) >= 11 is 1.93. The van der Waals surface area contributed by atoms with Gasteiger partial charge < -0.3 is 4.74 Å². The smallest absolute Gasteiger partial charge is 0.219 e. The molecule has 2 aromatic rings. The first-order chi connectivity index (χ1) is 11.2. The SMILES string of the molecule is COc1ccc2cc(CC[N+]34CNCN5C[N+](C5)(C3)C4)sc2c1.